The predicted molar refractivity (Wildman–Crippen MR) is 45.3 cm³/mol. The smallest absolute Gasteiger partial charge is 0.267 e. The van der Waals surface area contributed by atoms with E-state index in [1.807, 2.05) is 0 Å². The molecule has 0 radical (unpaired) electrons. The maximum Gasteiger partial charge on any atom is 0.267 e. The van der Waals surface area contributed by atoms with Crippen LogP contribution in [0.2, 0.25) is 0 Å². The van der Waals surface area contributed by atoms with Gasteiger partial charge in [0.2, 0.25) is 0 Å². The van der Waals surface area contributed by atoms with Gasteiger partial charge in [0, 0.05) is 0 Å². The Morgan fingerprint density at radius 3 is 2.00 bits per heavy atom. The van der Waals surface area contributed by atoms with Crippen LogP contribution in [0.1, 0.15) is 0 Å². The monoisotopic (exact) mass is 244 g/mol. The minimum atomic E-state index is -4.41. The molecule has 90 valence electrons. The topological polar surface area (TPSA) is 145 Å². The highest BCUT2D eigenvalue weighted by molar-refractivity contribution is 7.85. The summed E-state index contributed by atoms with van der Waals surface area (Å²) in [5.41, 5.74) is 0. The SMILES string of the molecule is O=S(=O)(O)C[C@H]1OC(O)[C@@H](O)[C@@H](O)[C@@H]1O. The molecule has 1 saturated heterocycles. The average Bonchev–Trinajstić information content (AvgIpc) is 2.08. The number of ether oxygens (including phenoxy) is 1. The molecule has 1 aliphatic rings. The molecule has 0 bridgehead atoms. The summed E-state index contributed by atoms with van der Waals surface area (Å²) in [4.78, 5) is 0. The van der Waals surface area contributed by atoms with Gasteiger partial charge in [-0.25, -0.2) is 0 Å². The molecule has 0 aromatic carbocycles. The lowest BCUT2D eigenvalue weighted by atomic mass is 10.0. The van der Waals surface area contributed by atoms with Gasteiger partial charge >= 0.3 is 0 Å². The van der Waals surface area contributed by atoms with Crippen molar-refractivity contribution in [1.82, 2.24) is 0 Å². The first-order valence-corrected chi connectivity index (χ1v) is 5.66. The summed E-state index contributed by atoms with van der Waals surface area (Å²) in [5.74, 6) is -0.977. The molecule has 1 fully saturated rings. The Bertz CT molecular complexity index is 313. The van der Waals surface area contributed by atoms with E-state index < -0.39 is 46.6 Å². The minimum absolute atomic E-state index is 0.977. The molecule has 9 heteroatoms. The molecule has 0 aliphatic carbocycles. The summed E-state index contributed by atoms with van der Waals surface area (Å²) in [6, 6.07) is 0. The number of hydrogen-bond donors (Lipinski definition) is 5. The van der Waals surface area contributed by atoms with Crippen molar-refractivity contribution in [3.8, 4) is 0 Å². The quantitative estimate of drug-likeness (QED) is 0.317. The lowest BCUT2D eigenvalue weighted by Crippen LogP contribution is -2.59. The highest BCUT2D eigenvalue weighted by Crippen LogP contribution is 2.20. The first kappa shape index (κ1) is 12.8. The molecule has 0 saturated carbocycles. The Morgan fingerprint density at radius 2 is 1.53 bits per heavy atom. The summed E-state index contributed by atoms with van der Waals surface area (Å²) in [6.07, 6.45) is -8.47. The highest BCUT2D eigenvalue weighted by Gasteiger charge is 2.44. The van der Waals surface area contributed by atoms with Gasteiger partial charge in [-0.3, -0.25) is 4.55 Å². The van der Waals surface area contributed by atoms with Crippen molar-refractivity contribution in [3.63, 3.8) is 0 Å². The zero-order chi connectivity index (χ0) is 11.8. The fourth-order valence-corrected chi connectivity index (χ4v) is 1.97. The van der Waals surface area contributed by atoms with Gasteiger partial charge in [-0.05, 0) is 0 Å². The van der Waals surface area contributed by atoms with Crippen molar-refractivity contribution in [2.45, 2.75) is 30.7 Å². The van der Waals surface area contributed by atoms with Crippen LogP contribution in [-0.2, 0) is 14.9 Å². The predicted octanol–water partition coefficient (Wildman–Crippen LogP) is -3.33. The van der Waals surface area contributed by atoms with Gasteiger partial charge in [-0.15, -0.1) is 0 Å². The fourth-order valence-electron chi connectivity index (χ4n) is 1.28. The maximum atomic E-state index is 10.5. The third kappa shape index (κ3) is 3.08. The van der Waals surface area contributed by atoms with Crippen LogP contribution in [0.15, 0.2) is 0 Å². The van der Waals surface area contributed by atoms with Gasteiger partial charge in [0.15, 0.2) is 6.29 Å². The number of aliphatic hydroxyl groups is 4. The Balaban J connectivity index is 2.75. The van der Waals surface area contributed by atoms with Crippen LogP contribution in [0.5, 0.6) is 0 Å². The molecule has 0 spiro atoms. The highest BCUT2D eigenvalue weighted by atomic mass is 32.2. The third-order valence-electron chi connectivity index (χ3n) is 2.06. The van der Waals surface area contributed by atoms with E-state index in [2.05, 4.69) is 4.74 Å². The van der Waals surface area contributed by atoms with Gasteiger partial charge in [-0.1, -0.05) is 0 Å². The summed E-state index contributed by atoms with van der Waals surface area (Å²) < 4.78 is 34.0. The largest absolute Gasteiger partial charge is 0.388 e. The Kier molecular flexibility index (Phi) is 3.66. The van der Waals surface area contributed by atoms with E-state index in [1.165, 1.54) is 0 Å². The standard InChI is InChI=1S/C6H12O8S/c7-3-2(1-15(11,12)13)14-6(10)5(9)4(3)8/h2-10H,1H2,(H,11,12,13)/t2-,3-,4+,5+,6?/m1/s1. The average molecular weight is 244 g/mol. The molecule has 1 heterocycles. The van der Waals surface area contributed by atoms with E-state index >= 15 is 0 Å². The van der Waals surface area contributed by atoms with Crippen molar-refractivity contribution < 1.29 is 38.1 Å². The zero-order valence-electron chi connectivity index (χ0n) is 7.46. The van der Waals surface area contributed by atoms with Gasteiger partial charge < -0.3 is 25.2 Å². The van der Waals surface area contributed by atoms with Crippen molar-refractivity contribution in [2.24, 2.45) is 0 Å². The molecule has 15 heavy (non-hydrogen) atoms. The minimum Gasteiger partial charge on any atom is -0.388 e. The van der Waals surface area contributed by atoms with Crippen LogP contribution >= 0.6 is 0 Å². The van der Waals surface area contributed by atoms with Gasteiger partial charge in [0.1, 0.15) is 30.2 Å². The molecule has 0 aromatic rings. The molecular formula is C6H12O8S. The lowest BCUT2D eigenvalue weighted by molar-refractivity contribution is -0.276. The van der Waals surface area contributed by atoms with Crippen molar-refractivity contribution in [1.29, 1.82) is 0 Å². The summed E-state index contributed by atoms with van der Waals surface area (Å²) in [7, 11) is -4.41. The summed E-state index contributed by atoms with van der Waals surface area (Å²) >= 11 is 0. The maximum absolute atomic E-state index is 10.5. The van der Waals surface area contributed by atoms with E-state index in [0.717, 1.165) is 0 Å². The molecule has 1 unspecified atom stereocenters. The van der Waals surface area contributed by atoms with Crippen LogP contribution in [0, 0.1) is 0 Å². The first-order valence-electron chi connectivity index (χ1n) is 4.05. The van der Waals surface area contributed by atoms with E-state index in [0.29, 0.717) is 0 Å². The van der Waals surface area contributed by atoms with Gasteiger partial charge in [-0.2, -0.15) is 8.42 Å². The lowest BCUT2D eigenvalue weighted by Gasteiger charge is -2.37. The van der Waals surface area contributed by atoms with Crippen LogP contribution in [0.4, 0.5) is 0 Å². The molecule has 0 aromatic heterocycles. The molecule has 0 amide bonds. The molecule has 1 rings (SSSR count). The summed E-state index contributed by atoms with van der Waals surface area (Å²) in [5, 5.41) is 36.5. The zero-order valence-corrected chi connectivity index (χ0v) is 8.28. The van der Waals surface area contributed by atoms with E-state index in [4.69, 9.17) is 19.9 Å². The van der Waals surface area contributed by atoms with E-state index in [1.54, 1.807) is 0 Å². The number of aliphatic hydroxyl groups excluding tert-OH is 4. The van der Waals surface area contributed by atoms with Gasteiger partial charge in [0.05, 0.1) is 0 Å². The second kappa shape index (κ2) is 4.29. The molecule has 1 aliphatic heterocycles. The Hall–Kier alpha value is -0.290. The van der Waals surface area contributed by atoms with E-state index in [-0.39, 0.29) is 0 Å². The first-order chi connectivity index (χ1) is 6.72. The van der Waals surface area contributed by atoms with Crippen LogP contribution < -0.4 is 0 Å². The number of rotatable bonds is 2. The second-order valence-corrected chi connectivity index (χ2v) is 4.78. The van der Waals surface area contributed by atoms with Crippen molar-refractivity contribution in [2.75, 3.05) is 5.75 Å². The molecule has 5 N–H and O–H groups in total. The van der Waals surface area contributed by atoms with Crippen molar-refractivity contribution >= 4 is 10.1 Å². The number of hydrogen-bond acceptors (Lipinski definition) is 7. The van der Waals surface area contributed by atoms with E-state index in [9.17, 15) is 13.5 Å². The van der Waals surface area contributed by atoms with Crippen molar-refractivity contribution in [3.05, 3.63) is 0 Å². The van der Waals surface area contributed by atoms with Crippen LogP contribution in [0.3, 0.4) is 0 Å². The van der Waals surface area contributed by atoms with Crippen LogP contribution in [0.25, 0.3) is 0 Å². The Labute approximate surface area is 85.5 Å². The molecular weight excluding hydrogens is 232 g/mol. The third-order valence-corrected chi connectivity index (χ3v) is 2.81. The van der Waals surface area contributed by atoms with Crippen LogP contribution in [-0.4, -0.2) is 69.9 Å². The molecule has 5 atom stereocenters. The molecule has 8 nitrogen and oxygen atoms in total. The second-order valence-electron chi connectivity index (χ2n) is 3.29. The fraction of sp³-hybridized carbons (Fsp3) is 1.00. The Morgan fingerprint density at radius 1 is 1.00 bits per heavy atom. The summed E-state index contributed by atoms with van der Waals surface area (Å²) in [6.45, 7) is 0. The van der Waals surface area contributed by atoms with Gasteiger partial charge in [0.25, 0.3) is 10.1 Å². The normalized spacial score (nSPS) is 42.9.